The maximum absolute atomic E-state index is 12.1. The van der Waals surface area contributed by atoms with Gasteiger partial charge in [-0.15, -0.1) is 0 Å². The number of Topliss-reactive ketones (excluding diaryl/α,β-unsaturated/α-hetero) is 1. The van der Waals surface area contributed by atoms with Gasteiger partial charge in [-0.1, -0.05) is 13.8 Å². The van der Waals surface area contributed by atoms with Crippen LogP contribution in [0.5, 0.6) is 5.75 Å². The lowest BCUT2D eigenvalue weighted by Crippen LogP contribution is -2.34. The van der Waals surface area contributed by atoms with Gasteiger partial charge in [0.1, 0.15) is 5.75 Å². The number of benzene rings is 1. The Kier molecular flexibility index (Phi) is 6.44. The smallest absolute Gasteiger partial charge is 0.179 e. The number of carbonyl (C=O) groups excluding carboxylic acids is 1. The zero-order valence-corrected chi connectivity index (χ0v) is 11.5. The normalized spacial score (nSPS) is 12.2. The van der Waals surface area contributed by atoms with E-state index in [9.17, 15) is 4.79 Å². The zero-order valence-electron chi connectivity index (χ0n) is 11.5. The van der Waals surface area contributed by atoms with E-state index in [-0.39, 0.29) is 11.8 Å². The third kappa shape index (κ3) is 4.49. The van der Waals surface area contributed by atoms with Crippen molar-refractivity contribution in [2.75, 3.05) is 13.2 Å². The molecule has 3 heteroatoms. The summed E-state index contributed by atoms with van der Waals surface area (Å²) in [6.45, 7) is 7.63. The fraction of sp³-hybridized carbons (Fsp3) is 0.533. The Bertz CT molecular complexity index is 359. The summed E-state index contributed by atoms with van der Waals surface area (Å²) in [4.78, 5) is 12.1. The van der Waals surface area contributed by atoms with Crippen LogP contribution < -0.4 is 10.1 Å². The van der Waals surface area contributed by atoms with Crippen LogP contribution in [0.15, 0.2) is 24.3 Å². The molecule has 18 heavy (non-hydrogen) atoms. The summed E-state index contributed by atoms with van der Waals surface area (Å²) in [6.07, 6.45) is 2.01. The number of carbonyl (C=O) groups is 1. The molecule has 1 N–H and O–H groups in total. The standard InChI is InChI=1S/C15H23NO2/c1-4-10-16-12(3)15(17)13-6-8-14(9-7-13)18-11-5-2/h6-9,12,16H,4-5,10-11H2,1-3H3. The molecular formula is C15H23NO2. The maximum atomic E-state index is 12.1. The minimum atomic E-state index is -0.132. The van der Waals surface area contributed by atoms with Crippen LogP contribution in [0.1, 0.15) is 44.0 Å². The number of ketones is 1. The molecule has 1 aromatic carbocycles. The number of hydrogen-bond donors (Lipinski definition) is 1. The van der Waals surface area contributed by atoms with Crippen molar-refractivity contribution in [2.45, 2.75) is 39.7 Å². The van der Waals surface area contributed by atoms with Crippen LogP contribution in [0.4, 0.5) is 0 Å². The van der Waals surface area contributed by atoms with Crippen LogP contribution in [0.25, 0.3) is 0 Å². The quantitative estimate of drug-likeness (QED) is 0.720. The predicted molar refractivity (Wildman–Crippen MR) is 74.3 cm³/mol. The average molecular weight is 249 g/mol. The van der Waals surface area contributed by atoms with E-state index in [0.29, 0.717) is 6.61 Å². The number of nitrogens with one attached hydrogen (secondary N) is 1. The first-order chi connectivity index (χ1) is 8.69. The predicted octanol–water partition coefficient (Wildman–Crippen LogP) is 3.05. The molecule has 0 spiro atoms. The van der Waals surface area contributed by atoms with E-state index in [1.165, 1.54) is 0 Å². The lowest BCUT2D eigenvalue weighted by molar-refractivity contribution is 0.0951. The van der Waals surface area contributed by atoms with Crippen molar-refractivity contribution in [1.82, 2.24) is 5.32 Å². The van der Waals surface area contributed by atoms with Gasteiger partial charge in [0.05, 0.1) is 12.6 Å². The summed E-state index contributed by atoms with van der Waals surface area (Å²) in [5.41, 5.74) is 0.731. The highest BCUT2D eigenvalue weighted by molar-refractivity contribution is 5.99. The third-order valence-electron chi connectivity index (χ3n) is 2.71. The lowest BCUT2D eigenvalue weighted by atomic mass is 10.1. The van der Waals surface area contributed by atoms with Crippen molar-refractivity contribution >= 4 is 5.78 Å². The molecule has 1 atom stereocenters. The fourth-order valence-corrected chi connectivity index (χ4v) is 1.64. The molecule has 0 saturated heterocycles. The molecule has 0 aromatic heterocycles. The van der Waals surface area contributed by atoms with Crippen molar-refractivity contribution in [1.29, 1.82) is 0 Å². The Hall–Kier alpha value is -1.35. The van der Waals surface area contributed by atoms with E-state index in [0.717, 1.165) is 30.7 Å². The van der Waals surface area contributed by atoms with Crippen LogP contribution in [0.3, 0.4) is 0 Å². The van der Waals surface area contributed by atoms with Crippen LogP contribution in [0.2, 0.25) is 0 Å². The van der Waals surface area contributed by atoms with Crippen molar-refractivity contribution in [3.05, 3.63) is 29.8 Å². The molecule has 0 aliphatic heterocycles. The molecule has 3 nitrogen and oxygen atoms in total. The van der Waals surface area contributed by atoms with Gasteiger partial charge in [-0.3, -0.25) is 4.79 Å². The van der Waals surface area contributed by atoms with E-state index in [1.54, 1.807) is 0 Å². The minimum Gasteiger partial charge on any atom is -0.494 e. The number of rotatable bonds is 8. The Balaban J connectivity index is 2.58. The fourth-order valence-electron chi connectivity index (χ4n) is 1.64. The highest BCUT2D eigenvalue weighted by Gasteiger charge is 2.13. The van der Waals surface area contributed by atoms with Gasteiger partial charge in [0.25, 0.3) is 0 Å². The molecule has 0 radical (unpaired) electrons. The minimum absolute atomic E-state index is 0.130. The van der Waals surface area contributed by atoms with Gasteiger partial charge in [0.2, 0.25) is 0 Å². The number of hydrogen-bond acceptors (Lipinski definition) is 3. The Morgan fingerprint density at radius 2 is 1.89 bits per heavy atom. The van der Waals surface area contributed by atoms with Crippen molar-refractivity contribution in [3.8, 4) is 5.75 Å². The molecule has 0 aliphatic rings. The lowest BCUT2D eigenvalue weighted by Gasteiger charge is -2.12. The SMILES string of the molecule is CCCNC(C)C(=O)c1ccc(OCCC)cc1. The summed E-state index contributed by atoms with van der Waals surface area (Å²) >= 11 is 0. The molecule has 100 valence electrons. The van der Waals surface area contributed by atoms with Gasteiger partial charge in [0, 0.05) is 5.56 Å². The first kappa shape index (κ1) is 14.7. The molecular weight excluding hydrogens is 226 g/mol. The monoisotopic (exact) mass is 249 g/mol. The second-order valence-corrected chi connectivity index (χ2v) is 4.41. The van der Waals surface area contributed by atoms with E-state index < -0.39 is 0 Å². The van der Waals surface area contributed by atoms with E-state index in [2.05, 4.69) is 19.2 Å². The van der Waals surface area contributed by atoms with E-state index in [4.69, 9.17) is 4.74 Å². The highest BCUT2D eigenvalue weighted by atomic mass is 16.5. The first-order valence-corrected chi connectivity index (χ1v) is 6.69. The van der Waals surface area contributed by atoms with Crippen LogP contribution >= 0.6 is 0 Å². The molecule has 0 heterocycles. The van der Waals surface area contributed by atoms with Crippen LogP contribution in [-0.4, -0.2) is 25.0 Å². The summed E-state index contributed by atoms with van der Waals surface area (Å²) in [6, 6.07) is 7.24. The Labute approximate surface area is 110 Å². The second-order valence-electron chi connectivity index (χ2n) is 4.41. The third-order valence-corrected chi connectivity index (χ3v) is 2.71. The summed E-state index contributed by atoms with van der Waals surface area (Å²) in [5.74, 6) is 0.952. The molecule has 1 aromatic rings. The van der Waals surface area contributed by atoms with Gasteiger partial charge in [-0.05, 0) is 50.6 Å². The zero-order chi connectivity index (χ0) is 13.4. The first-order valence-electron chi connectivity index (χ1n) is 6.69. The molecule has 0 amide bonds. The van der Waals surface area contributed by atoms with Crippen LogP contribution in [-0.2, 0) is 0 Å². The van der Waals surface area contributed by atoms with Gasteiger partial charge < -0.3 is 10.1 Å². The molecule has 0 bridgehead atoms. The van der Waals surface area contributed by atoms with Crippen molar-refractivity contribution in [2.24, 2.45) is 0 Å². The van der Waals surface area contributed by atoms with Gasteiger partial charge in [0.15, 0.2) is 5.78 Å². The van der Waals surface area contributed by atoms with E-state index >= 15 is 0 Å². The molecule has 1 unspecified atom stereocenters. The van der Waals surface area contributed by atoms with Gasteiger partial charge in [-0.25, -0.2) is 0 Å². The topological polar surface area (TPSA) is 38.3 Å². The second kappa shape index (κ2) is 7.88. The number of ether oxygens (including phenoxy) is 1. The summed E-state index contributed by atoms with van der Waals surface area (Å²) in [5, 5.41) is 3.20. The summed E-state index contributed by atoms with van der Waals surface area (Å²) in [7, 11) is 0. The summed E-state index contributed by atoms with van der Waals surface area (Å²) < 4.78 is 5.49. The molecule has 0 saturated carbocycles. The van der Waals surface area contributed by atoms with Crippen LogP contribution in [0, 0.1) is 0 Å². The largest absolute Gasteiger partial charge is 0.494 e. The molecule has 1 rings (SSSR count). The average Bonchev–Trinajstić information content (AvgIpc) is 2.42. The van der Waals surface area contributed by atoms with Gasteiger partial charge >= 0.3 is 0 Å². The van der Waals surface area contributed by atoms with Crippen molar-refractivity contribution < 1.29 is 9.53 Å². The van der Waals surface area contributed by atoms with E-state index in [1.807, 2.05) is 31.2 Å². The molecule has 0 aliphatic carbocycles. The van der Waals surface area contributed by atoms with Gasteiger partial charge in [-0.2, -0.15) is 0 Å². The Morgan fingerprint density at radius 1 is 1.22 bits per heavy atom. The van der Waals surface area contributed by atoms with Crippen molar-refractivity contribution in [3.63, 3.8) is 0 Å². The highest BCUT2D eigenvalue weighted by Crippen LogP contribution is 2.13. The maximum Gasteiger partial charge on any atom is 0.179 e. The Morgan fingerprint density at radius 3 is 2.44 bits per heavy atom. The molecule has 0 fully saturated rings.